The van der Waals surface area contributed by atoms with Crippen molar-refractivity contribution in [3.05, 3.63) is 53.7 Å². The first-order valence-electron chi connectivity index (χ1n) is 8.81. The van der Waals surface area contributed by atoms with Gasteiger partial charge in [-0.25, -0.2) is 14.8 Å². The molecule has 29 heavy (non-hydrogen) atoms. The Morgan fingerprint density at radius 2 is 2.10 bits per heavy atom. The van der Waals surface area contributed by atoms with Crippen molar-refractivity contribution < 1.29 is 9.53 Å². The van der Waals surface area contributed by atoms with Crippen molar-refractivity contribution in [1.82, 2.24) is 24.7 Å². The Morgan fingerprint density at radius 1 is 1.21 bits per heavy atom. The quantitative estimate of drug-likeness (QED) is 0.419. The highest BCUT2D eigenvalue weighted by Gasteiger charge is 2.15. The highest BCUT2D eigenvalue weighted by molar-refractivity contribution is 7.22. The van der Waals surface area contributed by atoms with Crippen LogP contribution in [0.4, 0.5) is 10.9 Å². The van der Waals surface area contributed by atoms with Gasteiger partial charge in [-0.2, -0.15) is 0 Å². The monoisotopic (exact) mass is 422 g/mol. The standard InChI is InChI=1S/C19H14N6O2S2/c1-2-27-17(26)13-10-28-19(21-13)25-8-7-11-9-15(23-24-16(11)25)22-18-20-12-5-3-4-6-14(12)29-18/h3-10H,2H2,1H3,(H,20,22,23). The molecule has 0 bridgehead atoms. The summed E-state index contributed by atoms with van der Waals surface area (Å²) in [6.07, 6.45) is 1.86. The van der Waals surface area contributed by atoms with Crippen LogP contribution in [0.2, 0.25) is 0 Å². The summed E-state index contributed by atoms with van der Waals surface area (Å²) < 4.78 is 7.91. The third-order valence-corrected chi connectivity index (χ3v) is 5.94. The number of benzene rings is 1. The minimum absolute atomic E-state index is 0.288. The van der Waals surface area contributed by atoms with Crippen molar-refractivity contribution in [3.63, 3.8) is 0 Å². The number of esters is 1. The van der Waals surface area contributed by atoms with E-state index in [1.54, 1.807) is 28.2 Å². The number of carbonyl (C=O) groups excluding carboxylic acids is 1. The molecule has 4 heterocycles. The molecule has 0 fully saturated rings. The second-order valence-corrected chi connectivity index (χ2v) is 7.91. The van der Waals surface area contributed by atoms with E-state index in [1.165, 1.54) is 11.3 Å². The Kier molecular flexibility index (Phi) is 4.41. The maximum atomic E-state index is 11.8. The van der Waals surface area contributed by atoms with Gasteiger partial charge in [0.1, 0.15) is 0 Å². The summed E-state index contributed by atoms with van der Waals surface area (Å²) in [5, 5.41) is 15.8. The van der Waals surface area contributed by atoms with Crippen LogP contribution in [0.25, 0.3) is 26.4 Å². The average molecular weight is 422 g/mol. The van der Waals surface area contributed by atoms with E-state index in [0.29, 0.717) is 23.2 Å². The molecule has 0 aliphatic heterocycles. The predicted octanol–water partition coefficient (Wildman–Crippen LogP) is 4.41. The second kappa shape index (κ2) is 7.22. The highest BCUT2D eigenvalue weighted by atomic mass is 32.1. The molecule has 0 aliphatic carbocycles. The van der Waals surface area contributed by atoms with E-state index in [1.807, 2.05) is 42.6 Å². The Balaban J connectivity index is 1.43. The van der Waals surface area contributed by atoms with Crippen LogP contribution >= 0.6 is 22.7 Å². The predicted molar refractivity (Wildman–Crippen MR) is 113 cm³/mol. The molecule has 0 saturated heterocycles. The first-order valence-corrected chi connectivity index (χ1v) is 10.5. The Labute approximate surface area is 172 Å². The van der Waals surface area contributed by atoms with Crippen LogP contribution in [0.3, 0.4) is 0 Å². The van der Waals surface area contributed by atoms with Crippen molar-refractivity contribution in [2.75, 3.05) is 11.9 Å². The molecule has 0 spiro atoms. The fourth-order valence-corrected chi connectivity index (χ4v) is 4.51. The molecule has 5 rings (SSSR count). The molecule has 0 atom stereocenters. The molecule has 0 unspecified atom stereocenters. The molecule has 0 saturated carbocycles. The fourth-order valence-electron chi connectivity index (χ4n) is 2.86. The van der Waals surface area contributed by atoms with Gasteiger partial charge < -0.3 is 10.1 Å². The minimum atomic E-state index is -0.431. The molecule has 1 aromatic carbocycles. The number of hydrogen-bond acceptors (Lipinski definition) is 9. The Morgan fingerprint density at radius 3 is 2.97 bits per heavy atom. The van der Waals surface area contributed by atoms with Crippen LogP contribution in [0.1, 0.15) is 17.4 Å². The number of anilines is 2. The largest absolute Gasteiger partial charge is 0.461 e. The second-order valence-electron chi connectivity index (χ2n) is 6.04. The van der Waals surface area contributed by atoms with Crippen LogP contribution in [0.15, 0.2) is 48.0 Å². The molecule has 1 N–H and O–H groups in total. The van der Waals surface area contributed by atoms with Crippen molar-refractivity contribution in [3.8, 4) is 5.13 Å². The number of hydrogen-bond donors (Lipinski definition) is 1. The number of nitrogens with zero attached hydrogens (tertiary/aromatic N) is 5. The first-order chi connectivity index (χ1) is 14.2. The smallest absolute Gasteiger partial charge is 0.357 e. The molecule has 0 amide bonds. The summed E-state index contributed by atoms with van der Waals surface area (Å²) in [4.78, 5) is 20.8. The lowest BCUT2D eigenvalue weighted by molar-refractivity contribution is 0.0520. The number of carbonyl (C=O) groups is 1. The van der Waals surface area contributed by atoms with Gasteiger partial charge in [-0.15, -0.1) is 21.5 Å². The molecule has 10 heteroatoms. The van der Waals surface area contributed by atoms with Gasteiger partial charge in [0.2, 0.25) is 0 Å². The number of ether oxygens (including phenoxy) is 1. The van der Waals surface area contributed by atoms with Crippen LogP contribution in [0.5, 0.6) is 0 Å². The number of rotatable bonds is 5. The van der Waals surface area contributed by atoms with Crippen LogP contribution in [0, 0.1) is 0 Å². The molecular formula is C19H14N6O2S2. The van der Waals surface area contributed by atoms with E-state index in [0.717, 1.165) is 20.7 Å². The van der Waals surface area contributed by atoms with Crippen molar-refractivity contribution in [2.45, 2.75) is 6.92 Å². The van der Waals surface area contributed by atoms with Gasteiger partial charge in [0.15, 0.2) is 27.4 Å². The van der Waals surface area contributed by atoms with Gasteiger partial charge in [0.25, 0.3) is 0 Å². The lowest BCUT2D eigenvalue weighted by Crippen LogP contribution is -2.05. The molecule has 144 valence electrons. The van der Waals surface area contributed by atoms with Gasteiger partial charge in [-0.05, 0) is 31.2 Å². The highest BCUT2D eigenvalue weighted by Crippen LogP contribution is 2.28. The zero-order valence-electron chi connectivity index (χ0n) is 15.2. The van der Waals surface area contributed by atoms with Crippen molar-refractivity contribution >= 4 is 60.8 Å². The summed E-state index contributed by atoms with van der Waals surface area (Å²) in [7, 11) is 0. The number of fused-ring (bicyclic) bond motifs is 2. The van der Waals surface area contributed by atoms with Crippen LogP contribution in [-0.2, 0) is 4.74 Å². The van der Waals surface area contributed by atoms with E-state index < -0.39 is 5.97 Å². The summed E-state index contributed by atoms with van der Waals surface area (Å²) in [6.45, 7) is 2.08. The third-order valence-electron chi connectivity index (χ3n) is 4.15. The lowest BCUT2D eigenvalue weighted by atomic mass is 10.3. The lowest BCUT2D eigenvalue weighted by Gasteiger charge is -2.02. The SMILES string of the molecule is CCOC(=O)c1csc(-n2ccc3cc(Nc4nc5ccccc5s4)nnc32)n1. The molecule has 4 aromatic heterocycles. The topological polar surface area (TPSA) is 94.8 Å². The number of aromatic nitrogens is 5. The van der Waals surface area contributed by atoms with E-state index >= 15 is 0 Å². The van der Waals surface area contributed by atoms with Crippen LogP contribution in [-0.4, -0.2) is 37.3 Å². The molecule has 5 aromatic rings. The van der Waals surface area contributed by atoms with E-state index in [4.69, 9.17) is 4.74 Å². The van der Waals surface area contributed by atoms with E-state index in [2.05, 4.69) is 25.5 Å². The van der Waals surface area contributed by atoms with Crippen LogP contribution < -0.4 is 5.32 Å². The average Bonchev–Trinajstić information content (AvgIpc) is 3.45. The van der Waals surface area contributed by atoms with Crippen molar-refractivity contribution in [2.24, 2.45) is 0 Å². The molecule has 0 aliphatic rings. The molecule has 8 nitrogen and oxygen atoms in total. The maximum absolute atomic E-state index is 11.8. The van der Waals surface area contributed by atoms with E-state index in [9.17, 15) is 4.79 Å². The maximum Gasteiger partial charge on any atom is 0.357 e. The van der Waals surface area contributed by atoms with E-state index in [-0.39, 0.29) is 5.69 Å². The van der Waals surface area contributed by atoms with Gasteiger partial charge in [-0.3, -0.25) is 4.57 Å². The Hall–Kier alpha value is -3.37. The number of para-hydroxylation sites is 1. The summed E-state index contributed by atoms with van der Waals surface area (Å²) in [6, 6.07) is 11.8. The first kappa shape index (κ1) is 17.7. The zero-order chi connectivity index (χ0) is 19.8. The normalized spacial score (nSPS) is 11.2. The minimum Gasteiger partial charge on any atom is -0.461 e. The van der Waals surface area contributed by atoms with Crippen molar-refractivity contribution in [1.29, 1.82) is 0 Å². The summed E-state index contributed by atoms with van der Waals surface area (Å²) >= 11 is 2.91. The van der Waals surface area contributed by atoms with Gasteiger partial charge in [0, 0.05) is 17.0 Å². The molecular weight excluding hydrogens is 408 g/mol. The van der Waals surface area contributed by atoms with Gasteiger partial charge in [-0.1, -0.05) is 23.5 Å². The summed E-state index contributed by atoms with van der Waals surface area (Å²) in [5.41, 5.74) is 1.89. The molecule has 0 radical (unpaired) electrons. The van der Waals surface area contributed by atoms with Gasteiger partial charge in [0.05, 0.1) is 16.8 Å². The summed E-state index contributed by atoms with van der Waals surface area (Å²) in [5.74, 6) is 0.181. The third kappa shape index (κ3) is 3.32. The number of nitrogens with one attached hydrogen (secondary N) is 1. The number of thiazole rings is 2. The zero-order valence-corrected chi connectivity index (χ0v) is 16.8. The van der Waals surface area contributed by atoms with Gasteiger partial charge >= 0.3 is 5.97 Å². The fraction of sp³-hybridized carbons (Fsp3) is 0.105. The Bertz CT molecular complexity index is 1310.